The van der Waals surface area contributed by atoms with Crippen LogP contribution in [0, 0.1) is 0 Å². The molecule has 4 rings (SSSR count). The molecular formula is C21H21N3O5S. The van der Waals surface area contributed by atoms with Gasteiger partial charge in [-0.2, -0.15) is 0 Å². The van der Waals surface area contributed by atoms with Crippen molar-refractivity contribution >= 4 is 27.4 Å². The summed E-state index contributed by atoms with van der Waals surface area (Å²) in [4.78, 5) is 29.6. The van der Waals surface area contributed by atoms with Crippen LogP contribution >= 0.6 is 0 Å². The van der Waals surface area contributed by atoms with Gasteiger partial charge in [0.25, 0.3) is 11.8 Å². The molecule has 0 spiro atoms. The highest BCUT2D eigenvalue weighted by Gasteiger charge is 2.41. The van der Waals surface area contributed by atoms with Gasteiger partial charge in [-0.1, -0.05) is 42.5 Å². The van der Waals surface area contributed by atoms with Crippen molar-refractivity contribution in [1.29, 1.82) is 0 Å². The van der Waals surface area contributed by atoms with Crippen molar-refractivity contribution < 1.29 is 22.7 Å². The van der Waals surface area contributed by atoms with Crippen molar-refractivity contribution in [2.24, 2.45) is 5.14 Å². The topological polar surface area (TPSA) is 110 Å². The monoisotopic (exact) mass is 427 g/mol. The van der Waals surface area contributed by atoms with Crippen molar-refractivity contribution in [3.8, 4) is 0 Å². The Morgan fingerprint density at radius 1 is 0.900 bits per heavy atom. The fourth-order valence-corrected chi connectivity index (χ4v) is 4.13. The summed E-state index contributed by atoms with van der Waals surface area (Å²) in [6.07, 6.45) is 0. The lowest BCUT2D eigenvalue weighted by Crippen LogP contribution is -2.40. The van der Waals surface area contributed by atoms with E-state index in [1.165, 1.54) is 17.0 Å². The smallest absolute Gasteiger partial charge is 0.278 e. The van der Waals surface area contributed by atoms with E-state index >= 15 is 0 Å². The maximum absolute atomic E-state index is 13.3. The summed E-state index contributed by atoms with van der Waals surface area (Å²) >= 11 is 0. The Bertz CT molecular complexity index is 1110. The minimum atomic E-state index is -3.81. The van der Waals surface area contributed by atoms with Crippen LogP contribution in [0.3, 0.4) is 0 Å². The number of primary sulfonamides is 1. The summed E-state index contributed by atoms with van der Waals surface area (Å²) in [5.41, 5.74) is 2.07. The first-order valence-corrected chi connectivity index (χ1v) is 11.0. The van der Waals surface area contributed by atoms with Crippen LogP contribution in [0.1, 0.15) is 11.1 Å². The Labute approximate surface area is 174 Å². The summed E-state index contributed by atoms with van der Waals surface area (Å²) in [7, 11) is -3.81. The van der Waals surface area contributed by atoms with E-state index in [1.807, 2.05) is 35.2 Å². The van der Waals surface area contributed by atoms with Crippen LogP contribution in [0.5, 0.6) is 0 Å². The molecule has 2 aliphatic rings. The van der Waals surface area contributed by atoms with Crippen LogP contribution in [0.4, 0.5) is 0 Å². The number of amides is 2. The number of rotatable bonds is 5. The van der Waals surface area contributed by atoms with Gasteiger partial charge in [0.1, 0.15) is 5.70 Å². The maximum Gasteiger partial charge on any atom is 0.278 e. The molecule has 8 nitrogen and oxygen atoms in total. The predicted octanol–water partition coefficient (Wildman–Crippen LogP) is 0.946. The minimum Gasteiger partial charge on any atom is -0.378 e. The zero-order valence-electron chi connectivity index (χ0n) is 16.2. The third-order valence-corrected chi connectivity index (χ3v) is 6.06. The first kappa shape index (κ1) is 20.3. The first-order valence-electron chi connectivity index (χ1n) is 9.46. The van der Waals surface area contributed by atoms with Crippen LogP contribution in [0.15, 0.2) is 65.2 Å². The fraction of sp³-hybridized carbons (Fsp3) is 0.238. The molecule has 156 valence electrons. The van der Waals surface area contributed by atoms with Crippen molar-refractivity contribution in [2.75, 3.05) is 26.3 Å². The maximum atomic E-state index is 13.3. The molecule has 30 heavy (non-hydrogen) atoms. The molecule has 0 aromatic heterocycles. The molecule has 0 radical (unpaired) electrons. The molecule has 0 atom stereocenters. The van der Waals surface area contributed by atoms with Gasteiger partial charge in [-0.05, 0) is 23.3 Å². The van der Waals surface area contributed by atoms with Gasteiger partial charge in [-0.25, -0.2) is 13.6 Å². The number of hydrogen-bond donors (Lipinski definition) is 1. The largest absolute Gasteiger partial charge is 0.378 e. The zero-order valence-corrected chi connectivity index (χ0v) is 17.0. The second kappa shape index (κ2) is 8.02. The van der Waals surface area contributed by atoms with E-state index < -0.39 is 10.0 Å². The number of nitrogens with zero attached hydrogens (tertiary/aromatic N) is 2. The molecule has 2 aliphatic heterocycles. The van der Waals surface area contributed by atoms with Gasteiger partial charge in [0.05, 0.1) is 30.2 Å². The summed E-state index contributed by atoms with van der Waals surface area (Å²) in [5, 5.41) is 5.13. The number of hydrogen-bond acceptors (Lipinski definition) is 6. The lowest BCUT2D eigenvalue weighted by molar-refractivity contribution is -0.138. The number of benzene rings is 2. The van der Waals surface area contributed by atoms with E-state index in [0.717, 1.165) is 0 Å². The van der Waals surface area contributed by atoms with Gasteiger partial charge >= 0.3 is 0 Å². The Morgan fingerprint density at radius 2 is 1.53 bits per heavy atom. The van der Waals surface area contributed by atoms with Crippen molar-refractivity contribution in [3.05, 3.63) is 71.4 Å². The van der Waals surface area contributed by atoms with Crippen molar-refractivity contribution in [3.63, 3.8) is 0 Å². The molecule has 2 heterocycles. The van der Waals surface area contributed by atoms with Gasteiger partial charge in [-0.15, -0.1) is 0 Å². The normalized spacial score (nSPS) is 17.8. The highest BCUT2D eigenvalue weighted by atomic mass is 32.2. The average Bonchev–Trinajstić information content (AvgIpc) is 2.99. The lowest BCUT2D eigenvalue weighted by Gasteiger charge is -2.29. The molecule has 2 aromatic rings. The zero-order chi connectivity index (χ0) is 21.3. The van der Waals surface area contributed by atoms with Gasteiger partial charge in [0.15, 0.2) is 0 Å². The van der Waals surface area contributed by atoms with E-state index in [4.69, 9.17) is 9.88 Å². The van der Waals surface area contributed by atoms with E-state index in [9.17, 15) is 18.0 Å². The summed E-state index contributed by atoms with van der Waals surface area (Å²) in [6.45, 7) is 2.07. The number of morpholine rings is 1. The third-order valence-electron chi connectivity index (χ3n) is 5.13. The van der Waals surface area contributed by atoms with E-state index in [2.05, 4.69) is 0 Å². The van der Waals surface area contributed by atoms with Gasteiger partial charge in [0, 0.05) is 13.1 Å². The van der Waals surface area contributed by atoms with Gasteiger partial charge in [0.2, 0.25) is 10.0 Å². The third kappa shape index (κ3) is 3.87. The quantitative estimate of drug-likeness (QED) is 0.712. The molecule has 1 saturated heterocycles. The molecule has 0 bridgehead atoms. The summed E-state index contributed by atoms with van der Waals surface area (Å²) in [5.74, 6) is -0.737. The van der Waals surface area contributed by atoms with Crippen LogP contribution in [-0.4, -0.2) is 56.3 Å². The molecule has 0 unspecified atom stereocenters. The molecule has 2 amide bonds. The number of sulfonamides is 1. The van der Waals surface area contributed by atoms with E-state index in [1.54, 1.807) is 12.1 Å². The Morgan fingerprint density at radius 3 is 2.13 bits per heavy atom. The van der Waals surface area contributed by atoms with Crippen LogP contribution < -0.4 is 5.14 Å². The molecular weight excluding hydrogens is 406 g/mol. The summed E-state index contributed by atoms with van der Waals surface area (Å²) < 4.78 is 28.3. The molecule has 0 saturated carbocycles. The molecule has 2 aromatic carbocycles. The van der Waals surface area contributed by atoms with Crippen molar-refractivity contribution in [2.45, 2.75) is 11.4 Å². The number of carbonyl (C=O) groups excluding carboxylic acids is 2. The molecule has 1 fully saturated rings. The Hall–Kier alpha value is -3.01. The number of ether oxygens (including phenoxy) is 1. The second-order valence-electron chi connectivity index (χ2n) is 7.07. The highest BCUT2D eigenvalue weighted by Crippen LogP contribution is 2.33. The number of nitrogens with two attached hydrogens (primary N) is 1. The highest BCUT2D eigenvalue weighted by molar-refractivity contribution is 7.89. The van der Waals surface area contributed by atoms with Gasteiger partial charge in [-0.3, -0.25) is 14.5 Å². The van der Waals surface area contributed by atoms with Gasteiger partial charge < -0.3 is 9.64 Å². The molecule has 2 N–H and O–H groups in total. The standard InChI is InChI=1S/C21H21N3O5S/c22-30(27,28)17-8-6-15(7-9-17)14-24-20(25)18(16-4-2-1-3-5-16)19(21(24)26)23-10-12-29-13-11-23/h1-9H,10-14H2,(H2,22,27,28). The lowest BCUT2D eigenvalue weighted by atomic mass is 10.0. The molecule has 9 heteroatoms. The first-order chi connectivity index (χ1) is 14.4. The number of imide groups is 1. The van der Waals surface area contributed by atoms with Crippen LogP contribution in [0.25, 0.3) is 5.57 Å². The Kier molecular flexibility index (Phi) is 5.42. The predicted molar refractivity (Wildman–Crippen MR) is 109 cm³/mol. The number of carbonyl (C=O) groups is 2. The van der Waals surface area contributed by atoms with Crippen LogP contribution in [-0.2, 0) is 30.9 Å². The Balaban J connectivity index is 1.67. The minimum absolute atomic E-state index is 0.0255. The van der Waals surface area contributed by atoms with E-state index in [-0.39, 0.29) is 23.3 Å². The van der Waals surface area contributed by atoms with Crippen molar-refractivity contribution in [1.82, 2.24) is 9.80 Å². The average molecular weight is 427 g/mol. The SMILES string of the molecule is NS(=O)(=O)c1ccc(CN2C(=O)C(c3ccccc3)=C(N3CCOCC3)C2=O)cc1. The summed E-state index contributed by atoms with van der Waals surface area (Å²) in [6, 6.07) is 15.0. The second-order valence-corrected chi connectivity index (χ2v) is 8.64. The van der Waals surface area contributed by atoms with Crippen LogP contribution in [0.2, 0.25) is 0 Å². The fourth-order valence-electron chi connectivity index (χ4n) is 3.62. The van der Waals surface area contributed by atoms with E-state index in [0.29, 0.717) is 48.7 Å². The molecule has 0 aliphatic carbocycles.